The minimum atomic E-state index is -0.823. The number of carbonyl (C=O) groups is 1. The summed E-state index contributed by atoms with van der Waals surface area (Å²) < 4.78 is 0. The molecule has 1 unspecified atom stereocenters. The first-order chi connectivity index (χ1) is 7.11. The second-order valence-corrected chi connectivity index (χ2v) is 3.66. The first kappa shape index (κ1) is 11.9. The number of carboxylic acids is 1. The number of hydrogen-bond acceptors (Lipinski definition) is 2. The molecule has 1 aromatic rings. The maximum absolute atomic E-state index is 11.0. The minimum absolute atomic E-state index is 0.508. The minimum Gasteiger partial charge on any atom is -0.481 e. The van der Waals surface area contributed by atoms with Crippen LogP contribution in [0.2, 0.25) is 5.02 Å². The van der Waals surface area contributed by atoms with E-state index in [0.29, 0.717) is 17.1 Å². The molecule has 0 aliphatic rings. The van der Waals surface area contributed by atoms with E-state index in [9.17, 15) is 4.79 Å². The standard InChI is InChI=1S/C11H14ClNO2/c1-3-7(11(14)15)8-5-4-6-9(12)10(8)13-2/h4-7,13H,3H2,1-2H3,(H,14,15). The first-order valence-electron chi connectivity index (χ1n) is 4.80. The van der Waals surface area contributed by atoms with Crippen molar-refractivity contribution >= 4 is 23.3 Å². The van der Waals surface area contributed by atoms with Gasteiger partial charge in [0.1, 0.15) is 0 Å². The van der Waals surface area contributed by atoms with E-state index in [1.165, 1.54) is 0 Å². The van der Waals surface area contributed by atoms with Gasteiger partial charge in [-0.25, -0.2) is 0 Å². The summed E-state index contributed by atoms with van der Waals surface area (Å²) in [5.41, 5.74) is 1.44. The second kappa shape index (κ2) is 5.03. The number of carboxylic acid groups (broad SMARTS) is 1. The fourth-order valence-corrected chi connectivity index (χ4v) is 1.90. The topological polar surface area (TPSA) is 49.3 Å². The molecule has 0 aliphatic carbocycles. The molecule has 0 saturated carbocycles. The molecule has 1 atom stereocenters. The van der Waals surface area contributed by atoms with Crippen molar-refractivity contribution in [2.45, 2.75) is 19.3 Å². The van der Waals surface area contributed by atoms with Crippen LogP contribution in [0.5, 0.6) is 0 Å². The Hall–Kier alpha value is -1.22. The molecular formula is C11H14ClNO2. The Bertz CT molecular complexity index is 366. The zero-order valence-corrected chi connectivity index (χ0v) is 9.51. The summed E-state index contributed by atoms with van der Waals surface area (Å²) in [5.74, 6) is -1.33. The quantitative estimate of drug-likeness (QED) is 0.832. The molecule has 4 heteroatoms. The van der Waals surface area contributed by atoms with Crippen LogP contribution in [0.1, 0.15) is 24.8 Å². The molecule has 0 saturated heterocycles. The van der Waals surface area contributed by atoms with Crippen LogP contribution in [-0.2, 0) is 4.79 Å². The van der Waals surface area contributed by atoms with Gasteiger partial charge in [-0.2, -0.15) is 0 Å². The van der Waals surface area contributed by atoms with Crippen molar-refractivity contribution in [1.82, 2.24) is 0 Å². The van der Waals surface area contributed by atoms with Crippen molar-refractivity contribution in [3.05, 3.63) is 28.8 Å². The Labute approximate surface area is 94.1 Å². The van der Waals surface area contributed by atoms with Crippen molar-refractivity contribution in [2.75, 3.05) is 12.4 Å². The van der Waals surface area contributed by atoms with Gasteiger partial charge in [-0.05, 0) is 18.1 Å². The molecule has 82 valence electrons. The van der Waals surface area contributed by atoms with E-state index in [1.54, 1.807) is 25.2 Å². The lowest BCUT2D eigenvalue weighted by atomic mass is 9.95. The van der Waals surface area contributed by atoms with Gasteiger partial charge in [-0.3, -0.25) is 4.79 Å². The van der Waals surface area contributed by atoms with Crippen LogP contribution in [0, 0.1) is 0 Å². The summed E-state index contributed by atoms with van der Waals surface area (Å²) in [6.07, 6.45) is 0.546. The van der Waals surface area contributed by atoms with Crippen LogP contribution in [0.15, 0.2) is 18.2 Å². The molecule has 0 heterocycles. The van der Waals surface area contributed by atoms with E-state index in [-0.39, 0.29) is 0 Å². The fourth-order valence-electron chi connectivity index (χ4n) is 1.62. The van der Waals surface area contributed by atoms with Crippen LogP contribution in [-0.4, -0.2) is 18.1 Å². The zero-order chi connectivity index (χ0) is 11.4. The molecule has 0 fully saturated rings. The molecule has 0 spiro atoms. The molecule has 0 bridgehead atoms. The molecule has 2 N–H and O–H groups in total. The second-order valence-electron chi connectivity index (χ2n) is 3.25. The highest BCUT2D eigenvalue weighted by Gasteiger charge is 2.21. The van der Waals surface area contributed by atoms with E-state index >= 15 is 0 Å². The normalized spacial score (nSPS) is 12.2. The van der Waals surface area contributed by atoms with Gasteiger partial charge in [0.05, 0.1) is 16.6 Å². The molecule has 0 radical (unpaired) electrons. The third-order valence-corrected chi connectivity index (χ3v) is 2.69. The Kier molecular flexibility index (Phi) is 3.97. The lowest BCUT2D eigenvalue weighted by molar-refractivity contribution is -0.138. The molecule has 0 amide bonds. The van der Waals surface area contributed by atoms with Crippen LogP contribution < -0.4 is 5.32 Å². The number of rotatable bonds is 4. The number of para-hydroxylation sites is 1. The summed E-state index contributed by atoms with van der Waals surface area (Å²) in [4.78, 5) is 11.0. The maximum atomic E-state index is 11.0. The zero-order valence-electron chi connectivity index (χ0n) is 8.75. The first-order valence-corrected chi connectivity index (χ1v) is 5.18. The monoisotopic (exact) mass is 227 g/mol. The van der Waals surface area contributed by atoms with Gasteiger partial charge in [0.15, 0.2) is 0 Å². The number of anilines is 1. The highest BCUT2D eigenvalue weighted by molar-refractivity contribution is 6.33. The van der Waals surface area contributed by atoms with E-state index in [1.807, 2.05) is 6.92 Å². The highest BCUT2D eigenvalue weighted by atomic mass is 35.5. The molecule has 1 aromatic carbocycles. The number of nitrogens with one attached hydrogen (secondary N) is 1. The summed E-state index contributed by atoms with van der Waals surface area (Å²) in [6.45, 7) is 1.85. The van der Waals surface area contributed by atoms with Gasteiger partial charge in [-0.1, -0.05) is 30.7 Å². The van der Waals surface area contributed by atoms with Crippen molar-refractivity contribution in [3.63, 3.8) is 0 Å². The van der Waals surface area contributed by atoms with Crippen LogP contribution >= 0.6 is 11.6 Å². The van der Waals surface area contributed by atoms with Gasteiger partial charge >= 0.3 is 5.97 Å². The van der Waals surface area contributed by atoms with Gasteiger partial charge in [0.25, 0.3) is 0 Å². The smallest absolute Gasteiger partial charge is 0.311 e. The number of hydrogen-bond donors (Lipinski definition) is 2. The SMILES string of the molecule is CCC(C(=O)O)c1cccc(Cl)c1NC. The number of aliphatic carboxylic acids is 1. The molecule has 3 nitrogen and oxygen atoms in total. The van der Waals surface area contributed by atoms with Gasteiger partial charge < -0.3 is 10.4 Å². The van der Waals surface area contributed by atoms with Gasteiger partial charge in [0.2, 0.25) is 0 Å². The average molecular weight is 228 g/mol. The predicted molar refractivity (Wildman–Crippen MR) is 61.7 cm³/mol. The molecule has 1 rings (SSSR count). The van der Waals surface area contributed by atoms with Gasteiger partial charge in [-0.15, -0.1) is 0 Å². The Morgan fingerprint density at radius 2 is 2.27 bits per heavy atom. The van der Waals surface area contributed by atoms with Crippen molar-refractivity contribution in [2.24, 2.45) is 0 Å². The lowest BCUT2D eigenvalue weighted by Gasteiger charge is -2.16. The summed E-state index contributed by atoms with van der Waals surface area (Å²) >= 11 is 5.98. The summed E-state index contributed by atoms with van der Waals surface area (Å²) in [6, 6.07) is 5.30. The van der Waals surface area contributed by atoms with Crippen molar-refractivity contribution in [1.29, 1.82) is 0 Å². The van der Waals surface area contributed by atoms with E-state index in [4.69, 9.17) is 16.7 Å². The largest absolute Gasteiger partial charge is 0.481 e. The van der Waals surface area contributed by atoms with Crippen molar-refractivity contribution in [3.8, 4) is 0 Å². The third-order valence-electron chi connectivity index (χ3n) is 2.38. The van der Waals surface area contributed by atoms with Crippen molar-refractivity contribution < 1.29 is 9.90 Å². The Balaban J connectivity index is 3.22. The Morgan fingerprint density at radius 3 is 2.73 bits per heavy atom. The fraction of sp³-hybridized carbons (Fsp3) is 0.364. The average Bonchev–Trinajstić information content (AvgIpc) is 2.18. The molecular weight excluding hydrogens is 214 g/mol. The predicted octanol–water partition coefficient (Wildman–Crippen LogP) is 2.96. The van der Waals surface area contributed by atoms with E-state index in [2.05, 4.69) is 5.32 Å². The molecule has 15 heavy (non-hydrogen) atoms. The maximum Gasteiger partial charge on any atom is 0.311 e. The van der Waals surface area contributed by atoms with E-state index < -0.39 is 11.9 Å². The summed E-state index contributed by atoms with van der Waals surface area (Å²) in [5, 5.41) is 12.6. The lowest BCUT2D eigenvalue weighted by Crippen LogP contribution is -2.12. The van der Waals surface area contributed by atoms with E-state index in [0.717, 1.165) is 5.56 Å². The third kappa shape index (κ3) is 2.42. The highest BCUT2D eigenvalue weighted by Crippen LogP contribution is 2.32. The molecule has 0 aliphatic heterocycles. The van der Waals surface area contributed by atoms with Crippen LogP contribution in [0.25, 0.3) is 0 Å². The number of halogens is 1. The number of benzene rings is 1. The summed E-state index contributed by atoms with van der Waals surface area (Å²) in [7, 11) is 1.74. The Morgan fingerprint density at radius 1 is 1.60 bits per heavy atom. The molecule has 0 aromatic heterocycles. The van der Waals surface area contributed by atoms with Gasteiger partial charge in [0, 0.05) is 7.05 Å². The van der Waals surface area contributed by atoms with Crippen LogP contribution in [0.4, 0.5) is 5.69 Å². The van der Waals surface area contributed by atoms with Crippen LogP contribution in [0.3, 0.4) is 0 Å².